The lowest BCUT2D eigenvalue weighted by Crippen LogP contribution is -2.47. The number of nitrogens with two attached hydrogens (primary N) is 2. The van der Waals surface area contributed by atoms with Crippen LogP contribution < -0.4 is 16.8 Å². The van der Waals surface area contributed by atoms with Gasteiger partial charge in [-0.1, -0.05) is 6.92 Å². The standard InChI is InChI=1S/C10H21N3O/c1-2-9(12)10(14)13-8-5-3-7(11)4-6-8/h7-9H,2-6,11-12H2,1H3,(H,13,14)/t7?,8?,9-/m0/s1. The van der Waals surface area contributed by atoms with Crippen molar-refractivity contribution in [3.8, 4) is 0 Å². The van der Waals surface area contributed by atoms with Crippen LogP contribution in [0.1, 0.15) is 39.0 Å². The highest BCUT2D eigenvalue weighted by Crippen LogP contribution is 2.16. The first-order chi connectivity index (χ1) is 6.63. The normalized spacial score (nSPS) is 29.6. The molecule has 4 nitrogen and oxygen atoms in total. The first kappa shape index (κ1) is 11.5. The van der Waals surface area contributed by atoms with Crippen LogP contribution in [0.2, 0.25) is 0 Å². The van der Waals surface area contributed by atoms with E-state index in [2.05, 4.69) is 5.32 Å². The van der Waals surface area contributed by atoms with Gasteiger partial charge in [-0.05, 0) is 32.1 Å². The van der Waals surface area contributed by atoms with Crippen LogP contribution in [0.4, 0.5) is 0 Å². The van der Waals surface area contributed by atoms with Gasteiger partial charge >= 0.3 is 0 Å². The summed E-state index contributed by atoms with van der Waals surface area (Å²) >= 11 is 0. The molecule has 14 heavy (non-hydrogen) atoms. The maximum absolute atomic E-state index is 11.5. The Morgan fingerprint density at radius 1 is 1.43 bits per heavy atom. The van der Waals surface area contributed by atoms with Crippen molar-refractivity contribution < 1.29 is 4.79 Å². The molecule has 0 aromatic heterocycles. The molecule has 1 rings (SSSR count). The quantitative estimate of drug-likeness (QED) is 0.603. The van der Waals surface area contributed by atoms with E-state index >= 15 is 0 Å². The van der Waals surface area contributed by atoms with Crippen LogP contribution in [-0.4, -0.2) is 24.0 Å². The Labute approximate surface area is 85.4 Å². The summed E-state index contributed by atoms with van der Waals surface area (Å²) in [5.41, 5.74) is 11.4. The van der Waals surface area contributed by atoms with E-state index in [1.54, 1.807) is 0 Å². The zero-order valence-corrected chi connectivity index (χ0v) is 8.83. The van der Waals surface area contributed by atoms with Gasteiger partial charge < -0.3 is 16.8 Å². The minimum absolute atomic E-state index is 0.0204. The fourth-order valence-electron chi connectivity index (χ4n) is 1.76. The SMILES string of the molecule is CC[C@H](N)C(=O)NC1CCC(N)CC1. The van der Waals surface area contributed by atoms with Crippen LogP contribution in [0.5, 0.6) is 0 Å². The fourth-order valence-corrected chi connectivity index (χ4v) is 1.76. The van der Waals surface area contributed by atoms with Gasteiger partial charge in [-0.2, -0.15) is 0 Å². The topological polar surface area (TPSA) is 81.1 Å². The molecule has 4 heteroatoms. The van der Waals surface area contributed by atoms with Crippen molar-refractivity contribution in [1.82, 2.24) is 5.32 Å². The molecule has 82 valence electrons. The Morgan fingerprint density at radius 2 is 2.00 bits per heavy atom. The summed E-state index contributed by atoms with van der Waals surface area (Å²) in [7, 11) is 0. The van der Waals surface area contributed by atoms with Gasteiger partial charge in [-0.3, -0.25) is 4.79 Å². The molecule has 1 fully saturated rings. The van der Waals surface area contributed by atoms with Crippen molar-refractivity contribution in [2.24, 2.45) is 11.5 Å². The molecule has 1 aliphatic rings. The first-order valence-electron chi connectivity index (χ1n) is 5.45. The zero-order valence-electron chi connectivity index (χ0n) is 8.83. The molecule has 0 aromatic rings. The number of carbonyl (C=O) groups is 1. The third-order valence-electron chi connectivity index (χ3n) is 2.89. The Bertz CT molecular complexity index is 188. The van der Waals surface area contributed by atoms with E-state index in [1.165, 1.54) is 0 Å². The highest BCUT2D eigenvalue weighted by atomic mass is 16.2. The Hall–Kier alpha value is -0.610. The average Bonchev–Trinajstić information content (AvgIpc) is 2.20. The van der Waals surface area contributed by atoms with Crippen LogP contribution >= 0.6 is 0 Å². The van der Waals surface area contributed by atoms with Gasteiger partial charge in [-0.25, -0.2) is 0 Å². The lowest BCUT2D eigenvalue weighted by molar-refractivity contribution is -0.123. The minimum Gasteiger partial charge on any atom is -0.352 e. The van der Waals surface area contributed by atoms with Gasteiger partial charge in [0.2, 0.25) is 5.91 Å². The molecule has 1 aliphatic carbocycles. The highest BCUT2D eigenvalue weighted by molar-refractivity contribution is 5.81. The largest absolute Gasteiger partial charge is 0.352 e. The first-order valence-corrected chi connectivity index (χ1v) is 5.45. The van der Waals surface area contributed by atoms with Crippen molar-refractivity contribution >= 4 is 5.91 Å². The van der Waals surface area contributed by atoms with Crippen molar-refractivity contribution in [2.75, 3.05) is 0 Å². The summed E-state index contributed by atoms with van der Waals surface area (Å²) < 4.78 is 0. The smallest absolute Gasteiger partial charge is 0.237 e. The predicted octanol–water partition coefficient (Wildman–Crippen LogP) is 0.110. The third kappa shape index (κ3) is 3.27. The molecule has 0 unspecified atom stereocenters. The maximum Gasteiger partial charge on any atom is 0.237 e. The van der Waals surface area contributed by atoms with E-state index in [-0.39, 0.29) is 11.9 Å². The highest BCUT2D eigenvalue weighted by Gasteiger charge is 2.21. The van der Waals surface area contributed by atoms with Crippen molar-refractivity contribution in [2.45, 2.75) is 57.2 Å². The van der Waals surface area contributed by atoms with Gasteiger partial charge in [0.1, 0.15) is 0 Å². The van der Waals surface area contributed by atoms with Crippen molar-refractivity contribution in [3.63, 3.8) is 0 Å². The van der Waals surface area contributed by atoms with Gasteiger partial charge in [0.15, 0.2) is 0 Å². The van der Waals surface area contributed by atoms with Crippen LogP contribution in [0, 0.1) is 0 Å². The van der Waals surface area contributed by atoms with E-state index in [0.29, 0.717) is 18.5 Å². The number of amides is 1. The Kier molecular flexibility index (Phi) is 4.35. The second-order valence-electron chi connectivity index (χ2n) is 4.14. The van der Waals surface area contributed by atoms with E-state index in [9.17, 15) is 4.79 Å². The maximum atomic E-state index is 11.5. The number of carbonyl (C=O) groups excluding carboxylic acids is 1. The van der Waals surface area contributed by atoms with E-state index in [4.69, 9.17) is 11.5 Å². The molecular formula is C10H21N3O. The third-order valence-corrected chi connectivity index (χ3v) is 2.89. The molecule has 1 saturated carbocycles. The molecular weight excluding hydrogens is 178 g/mol. The summed E-state index contributed by atoms with van der Waals surface area (Å²) in [6, 6.07) is 0.258. The van der Waals surface area contributed by atoms with Crippen LogP contribution in [0.3, 0.4) is 0 Å². The van der Waals surface area contributed by atoms with Gasteiger partial charge in [0.25, 0.3) is 0 Å². The molecule has 0 saturated heterocycles. The molecule has 0 aromatic carbocycles. The summed E-state index contributed by atoms with van der Waals surface area (Å²) in [5.74, 6) is -0.0204. The van der Waals surface area contributed by atoms with Crippen molar-refractivity contribution in [3.05, 3.63) is 0 Å². The molecule has 1 amide bonds. The number of nitrogens with one attached hydrogen (secondary N) is 1. The lowest BCUT2D eigenvalue weighted by Gasteiger charge is -2.27. The summed E-state index contributed by atoms with van der Waals surface area (Å²) in [5, 5.41) is 2.97. The van der Waals surface area contributed by atoms with E-state index in [0.717, 1.165) is 25.7 Å². The molecule has 0 spiro atoms. The van der Waals surface area contributed by atoms with Gasteiger partial charge in [0, 0.05) is 12.1 Å². The summed E-state index contributed by atoms with van der Waals surface area (Å²) in [4.78, 5) is 11.5. The van der Waals surface area contributed by atoms with E-state index < -0.39 is 0 Å². The summed E-state index contributed by atoms with van der Waals surface area (Å²) in [6.45, 7) is 1.92. The number of rotatable bonds is 3. The molecule has 5 N–H and O–H groups in total. The molecule has 0 heterocycles. The van der Waals surface area contributed by atoms with Crippen LogP contribution in [0.15, 0.2) is 0 Å². The number of hydrogen-bond acceptors (Lipinski definition) is 3. The second-order valence-corrected chi connectivity index (χ2v) is 4.14. The lowest BCUT2D eigenvalue weighted by atomic mass is 9.91. The fraction of sp³-hybridized carbons (Fsp3) is 0.900. The molecule has 1 atom stereocenters. The minimum atomic E-state index is -0.356. The van der Waals surface area contributed by atoms with Crippen LogP contribution in [-0.2, 0) is 4.79 Å². The monoisotopic (exact) mass is 199 g/mol. The van der Waals surface area contributed by atoms with Gasteiger partial charge in [-0.15, -0.1) is 0 Å². The Balaban J connectivity index is 2.27. The van der Waals surface area contributed by atoms with Crippen LogP contribution in [0.25, 0.3) is 0 Å². The van der Waals surface area contributed by atoms with Crippen molar-refractivity contribution in [1.29, 1.82) is 0 Å². The van der Waals surface area contributed by atoms with E-state index in [1.807, 2.05) is 6.92 Å². The Morgan fingerprint density at radius 3 is 2.50 bits per heavy atom. The number of hydrogen-bond donors (Lipinski definition) is 3. The zero-order chi connectivity index (χ0) is 10.6. The molecule has 0 aliphatic heterocycles. The van der Waals surface area contributed by atoms with Gasteiger partial charge in [0.05, 0.1) is 6.04 Å². The summed E-state index contributed by atoms with van der Waals surface area (Å²) in [6.07, 6.45) is 4.68. The second kappa shape index (κ2) is 5.32. The average molecular weight is 199 g/mol. The molecule has 0 bridgehead atoms. The molecule has 0 radical (unpaired) electrons. The predicted molar refractivity (Wildman–Crippen MR) is 56.6 cm³/mol.